The Hall–Kier alpha value is -2.05. The predicted octanol–water partition coefficient (Wildman–Crippen LogP) is 3.57. The molecular formula is C12H12F3N3O. The summed E-state index contributed by atoms with van der Waals surface area (Å²) in [5, 5.41) is 2.77. The van der Waals surface area contributed by atoms with Gasteiger partial charge in [0, 0.05) is 6.20 Å². The Bertz CT molecular complexity index is 565. The van der Waals surface area contributed by atoms with Gasteiger partial charge in [0.25, 0.3) is 0 Å². The van der Waals surface area contributed by atoms with Gasteiger partial charge < -0.3 is 9.73 Å². The SMILES string of the molecule is Cc1ccc(C(C)Nc2nccc(C(F)(F)F)n2)o1. The minimum absolute atomic E-state index is 0.0867. The third kappa shape index (κ3) is 3.24. The normalized spacial score (nSPS) is 13.3. The molecule has 1 N–H and O–H groups in total. The lowest BCUT2D eigenvalue weighted by Gasteiger charge is -2.12. The molecule has 2 heterocycles. The Morgan fingerprint density at radius 3 is 2.58 bits per heavy atom. The second-order valence-corrected chi connectivity index (χ2v) is 4.08. The van der Waals surface area contributed by atoms with Crippen LogP contribution in [0.2, 0.25) is 0 Å². The molecule has 2 aromatic heterocycles. The molecule has 0 amide bonds. The van der Waals surface area contributed by atoms with Gasteiger partial charge in [-0.3, -0.25) is 0 Å². The maximum atomic E-state index is 12.5. The minimum Gasteiger partial charge on any atom is -0.464 e. The van der Waals surface area contributed by atoms with E-state index in [1.54, 1.807) is 26.0 Å². The van der Waals surface area contributed by atoms with Gasteiger partial charge >= 0.3 is 6.18 Å². The van der Waals surface area contributed by atoms with Crippen LogP contribution in [0.15, 0.2) is 28.8 Å². The lowest BCUT2D eigenvalue weighted by Crippen LogP contribution is -2.13. The molecule has 1 unspecified atom stereocenters. The highest BCUT2D eigenvalue weighted by molar-refractivity contribution is 5.29. The number of alkyl halides is 3. The van der Waals surface area contributed by atoms with Crippen LogP contribution in [0.25, 0.3) is 0 Å². The lowest BCUT2D eigenvalue weighted by molar-refractivity contribution is -0.141. The van der Waals surface area contributed by atoms with E-state index in [1.165, 1.54) is 0 Å². The molecule has 1 atom stereocenters. The number of nitrogens with zero attached hydrogens (tertiary/aromatic N) is 2. The van der Waals surface area contributed by atoms with E-state index < -0.39 is 11.9 Å². The molecule has 0 fully saturated rings. The summed E-state index contributed by atoms with van der Waals surface area (Å²) in [5.41, 5.74) is -0.979. The number of anilines is 1. The van der Waals surface area contributed by atoms with Crippen molar-refractivity contribution in [3.63, 3.8) is 0 Å². The molecule has 102 valence electrons. The first-order valence-electron chi connectivity index (χ1n) is 5.59. The average molecular weight is 271 g/mol. The molecule has 4 nitrogen and oxygen atoms in total. The highest BCUT2D eigenvalue weighted by Crippen LogP contribution is 2.28. The van der Waals surface area contributed by atoms with Crippen LogP contribution in [-0.2, 0) is 6.18 Å². The molecule has 0 bridgehead atoms. The van der Waals surface area contributed by atoms with E-state index in [-0.39, 0.29) is 12.0 Å². The Kier molecular flexibility index (Phi) is 3.46. The van der Waals surface area contributed by atoms with Crippen molar-refractivity contribution >= 4 is 5.95 Å². The first kappa shape index (κ1) is 13.4. The van der Waals surface area contributed by atoms with E-state index in [2.05, 4.69) is 15.3 Å². The van der Waals surface area contributed by atoms with E-state index in [0.29, 0.717) is 5.76 Å². The molecule has 0 aliphatic rings. The van der Waals surface area contributed by atoms with Crippen LogP contribution in [0.4, 0.5) is 19.1 Å². The molecule has 2 rings (SSSR count). The van der Waals surface area contributed by atoms with Crippen molar-refractivity contribution < 1.29 is 17.6 Å². The van der Waals surface area contributed by atoms with Crippen molar-refractivity contribution in [2.75, 3.05) is 5.32 Å². The number of furan rings is 1. The fraction of sp³-hybridized carbons (Fsp3) is 0.333. The molecule has 7 heteroatoms. The monoisotopic (exact) mass is 271 g/mol. The number of aromatic nitrogens is 2. The van der Waals surface area contributed by atoms with Crippen molar-refractivity contribution in [3.8, 4) is 0 Å². The van der Waals surface area contributed by atoms with Crippen LogP contribution in [-0.4, -0.2) is 9.97 Å². The van der Waals surface area contributed by atoms with Crippen molar-refractivity contribution in [2.24, 2.45) is 0 Å². The number of hydrogen-bond donors (Lipinski definition) is 1. The number of rotatable bonds is 3. The van der Waals surface area contributed by atoms with Crippen LogP contribution in [0.3, 0.4) is 0 Å². The van der Waals surface area contributed by atoms with Gasteiger partial charge in [0.2, 0.25) is 5.95 Å². The number of aryl methyl sites for hydroxylation is 1. The fourth-order valence-corrected chi connectivity index (χ4v) is 1.54. The van der Waals surface area contributed by atoms with Gasteiger partial charge in [0.05, 0.1) is 6.04 Å². The van der Waals surface area contributed by atoms with Gasteiger partial charge in [-0.2, -0.15) is 13.2 Å². The lowest BCUT2D eigenvalue weighted by atomic mass is 10.2. The smallest absolute Gasteiger partial charge is 0.433 e. The van der Waals surface area contributed by atoms with E-state index in [1.807, 2.05) is 0 Å². The largest absolute Gasteiger partial charge is 0.464 e. The molecule has 0 radical (unpaired) electrons. The maximum absolute atomic E-state index is 12.5. The number of hydrogen-bond acceptors (Lipinski definition) is 4. The van der Waals surface area contributed by atoms with E-state index in [0.717, 1.165) is 18.0 Å². The van der Waals surface area contributed by atoms with Gasteiger partial charge in [-0.05, 0) is 32.0 Å². The summed E-state index contributed by atoms with van der Waals surface area (Å²) in [6.45, 7) is 3.54. The van der Waals surface area contributed by atoms with Crippen LogP contribution < -0.4 is 5.32 Å². The number of nitrogens with one attached hydrogen (secondary N) is 1. The van der Waals surface area contributed by atoms with Crippen molar-refractivity contribution in [3.05, 3.63) is 41.6 Å². The van der Waals surface area contributed by atoms with Crippen LogP contribution >= 0.6 is 0 Å². The van der Waals surface area contributed by atoms with Gasteiger partial charge in [-0.1, -0.05) is 0 Å². The summed E-state index contributed by atoms with van der Waals surface area (Å²) in [7, 11) is 0. The first-order chi connectivity index (χ1) is 8.86. The molecule has 0 aliphatic carbocycles. The third-order valence-corrected chi connectivity index (χ3v) is 2.48. The standard InChI is InChI=1S/C12H12F3N3O/c1-7-3-4-9(19-7)8(2)17-11-16-6-5-10(18-11)12(13,14)15/h3-6,8H,1-2H3,(H,16,17,18). The Balaban J connectivity index is 2.15. The zero-order valence-corrected chi connectivity index (χ0v) is 10.3. The maximum Gasteiger partial charge on any atom is 0.433 e. The van der Waals surface area contributed by atoms with Gasteiger partial charge in [0.1, 0.15) is 17.2 Å². The highest BCUT2D eigenvalue weighted by atomic mass is 19.4. The zero-order valence-electron chi connectivity index (χ0n) is 10.3. The highest BCUT2D eigenvalue weighted by Gasteiger charge is 2.32. The summed E-state index contributed by atoms with van der Waals surface area (Å²) >= 11 is 0. The van der Waals surface area contributed by atoms with E-state index >= 15 is 0 Å². The summed E-state index contributed by atoms with van der Waals surface area (Å²) in [6, 6.07) is 4.03. The molecular weight excluding hydrogens is 259 g/mol. The minimum atomic E-state index is -4.48. The first-order valence-corrected chi connectivity index (χ1v) is 5.59. The molecule has 0 aromatic carbocycles. The molecule has 19 heavy (non-hydrogen) atoms. The fourth-order valence-electron chi connectivity index (χ4n) is 1.54. The molecule has 2 aromatic rings. The van der Waals surface area contributed by atoms with Gasteiger partial charge in [-0.15, -0.1) is 0 Å². The second-order valence-electron chi connectivity index (χ2n) is 4.08. The molecule has 0 saturated carbocycles. The average Bonchev–Trinajstić information content (AvgIpc) is 2.75. The van der Waals surface area contributed by atoms with E-state index in [4.69, 9.17) is 4.42 Å². The summed E-state index contributed by atoms with van der Waals surface area (Å²) < 4.78 is 42.9. The topological polar surface area (TPSA) is 51.0 Å². The quantitative estimate of drug-likeness (QED) is 0.927. The Morgan fingerprint density at radius 1 is 1.26 bits per heavy atom. The molecule has 0 aliphatic heterocycles. The van der Waals surface area contributed by atoms with E-state index in [9.17, 15) is 13.2 Å². The van der Waals surface area contributed by atoms with Crippen LogP contribution in [0.1, 0.15) is 30.2 Å². The summed E-state index contributed by atoms with van der Waals surface area (Å²) in [5.74, 6) is 1.25. The summed E-state index contributed by atoms with van der Waals surface area (Å²) in [6.07, 6.45) is -3.41. The molecule has 0 saturated heterocycles. The third-order valence-electron chi connectivity index (χ3n) is 2.48. The zero-order chi connectivity index (χ0) is 14.0. The van der Waals surface area contributed by atoms with Gasteiger partial charge in [-0.25, -0.2) is 9.97 Å². The van der Waals surface area contributed by atoms with Crippen LogP contribution in [0.5, 0.6) is 0 Å². The van der Waals surface area contributed by atoms with Crippen molar-refractivity contribution in [2.45, 2.75) is 26.1 Å². The molecule has 0 spiro atoms. The second kappa shape index (κ2) is 4.91. The van der Waals surface area contributed by atoms with Crippen molar-refractivity contribution in [1.82, 2.24) is 9.97 Å². The Labute approximate surface area is 107 Å². The van der Waals surface area contributed by atoms with Crippen molar-refractivity contribution in [1.29, 1.82) is 0 Å². The summed E-state index contributed by atoms with van der Waals surface area (Å²) in [4.78, 5) is 7.19. The number of halogens is 3. The van der Waals surface area contributed by atoms with Crippen LogP contribution in [0, 0.1) is 6.92 Å². The van der Waals surface area contributed by atoms with Gasteiger partial charge in [0.15, 0.2) is 0 Å². The predicted molar refractivity (Wildman–Crippen MR) is 62.5 cm³/mol. The Morgan fingerprint density at radius 2 is 2.00 bits per heavy atom.